The molecule has 0 aliphatic heterocycles. The first kappa shape index (κ1) is 19.4. The summed E-state index contributed by atoms with van der Waals surface area (Å²) in [5.74, 6) is 0.464. The minimum absolute atomic E-state index is 0.315. The van der Waals surface area contributed by atoms with Crippen LogP contribution in [0.4, 0.5) is 5.13 Å². The van der Waals surface area contributed by atoms with E-state index in [4.69, 9.17) is 9.47 Å². The molecule has 0 radical (unpaired) electrons. The number of hydrogen-bond acceptors (Lipinski definition) is 7. The first-order valence-corrected chi connectivity index (χ1v) is 9.11. The smallest absolute Gasteiger partial charge is 0.337 e. The fourth-order valence-electron chi connectivity index (χ4n) is 2.50. The van der Waals surface area contributed by atoms with Crippen LogP contribution in [-0.4, -0.2) is 38.2 Å². The SMILES string of the molecule is COC(=O)c1ccc(C(=O)Nc2nc(-c3ccc(OC)c(OC)c3)cs2)cc1. The fourth-order valence-corrected chi connectivity index (χ4v) is 3.22. The van der Waals surface area contributed by atoms with Crippen molar-refractivity contribution >= 4 is 28.3 Å². The maximum atomic E-state index is 12.4. The molecule has 2 aromatic carbocycles. The number of ether oxygens (including phenoxy) is 3. The van der Waals surface area contributed by atoms with Crippen molar-refractivity contribution in [2.75, 3.05) is 26.6 Å². The molecule has 0 saturated heterocycles. The Labute approximate surface area is 165 Å². The van der Waals surface area contributed by atoms with Gasteiger partial charge in [0.05, 0.1) is 32.6 Å². The van der Waals surface area contributed by atoms with E-state index in [0.29, 0.717) is 33.5 Å². The standard InChI is InChI=1S/C20H18N2O5S/c1-25-16-9-8-14(10-17(16)26-2)15-11-28-20(21-15)22-18(23)12-4-6-13(7-5-12)19(24)27-3/h4-11H,1-3H3,(H,21,22,23). The van der Waals surface area contributed by atoms with Crippen LogP contribution in [0.3, 0.4) is 0 Å². The molecule has 1 amide bonds. The van der Waals surface area contributed by atoms with Gasteiger partial charge in [0.15, 0.2) is 16.6 Å². The number of aromatic nitrogens is 1. The van der Waals surface area contributed by atoms with Gasteiger partial charge in [-0.05, 0) is 42.5 Å². The number of hydrogen-bond donors (Lipinski definition) is 1. The van der Waals surface area contributed by atoms with E-state index in [1.165, 1.54) is 30.6 Å². The van der Waals surface area contributed by atoms with Gasteiger partial charge in [-0.1, -0.05) is 0 Å². The van der Waals surface area contributed by atoms with Crippen molar-refractivity contribution in [2.45, 2.75) is 0 Å². The summed E-state index contributed by atoms with van der Waals surface area (Å²) in [5, 5.41) is 5.07. The summed E-state index contributed by atoms with van der Waals surface area (Å²) in [6, 6.07) is 11.7. The van der Waals surface area contributed by atoms with Crippen molar-refractivity contribution in [3.8, 4) is 22.8 Å². The third-order valence-corrected chi connectivity index (χ3v) is 4.73. The second-order valence-corrected chi connectivity index (χ2v) is 6.49. The van der Waals surface area contributed by atoms with Gasteiger partial charge in [0.25, 0.3) is 5.91 Å². The van der Waals surface area contributed by atoms with E-state index in [1.807, 2.05) is 17.5 Å². The molecule has 1 aromatic heterocycles. The number of carbonyl (C=O) groups excluding carboxylic acids is 2. The Morgan fingerprint density at radius 1 is 0.929 bits per heavy atom. The number of esters is 1. The van der Waals surface area contributed by atoms with Gasteiger partial charge in [0.1, 0.15) is 0 Å². The number of nitrogens with one attached hydrogen (secondary N) is 1. The summed E-state index contributed by atoms with van der Waals surface area (Å²) in [4.78, 5) is 28.3. The molecule has 8 heteroatoms. The Hall–Kier alpha value is -3.39. The average molecular weight is 398 g/mol. The van der Waals surface area contributed by atoms with Crippen LogP contribution in [-0.2, 0) is 4.74 Å². The van der Waals surface area contributed by atoms with Crippen LogP contribution >= 0.6 is 11.3 Å². The molecular formula is C20H18N2O5S. The largest absolute Gasteiger partial charge is 0.493 e. The number of amides is 1. The van der Waals surface area contributed by atoms with Gasteiger partial charge in [0, 0.05) is 16.5 Å². The third-order valence-electron chi connectivity index (χ3n) is 3.97. The van der Waals surface area contributed by atoms with Crippen LogP contribution < -0.4 is 14.8 Å². The molecule has 144 valence electrons. The lowest BCUT2D eigenvalue weighted by molar-refractivity contribution is 0.0600. The highest BCUT2D eigenvalue weighted by Crippen LogP contribution is 2.33. The number of benzene rings is 2. The minimum Gasteiger partial charge on any atom is -0.493 e. The van der Waals surface area contributed by atoms with Crippen LogP contribution in [0.5, 0.6) is 11.5 Å². The Kier molecular flexibility index (Phi) is 5.90. The fraction of sp³-hybridized carbons (Fsp3) is 0.150. The number of anilines is 1. The minimum atomic E-state index is -0.452. The molecule has 3 rings (SSSR count). The first-order chi connectivity index (χ1) is 13.5. The highest BCUT2D eigenvalue weighted by molar-refractivity contribution is 7.14. The van der Waals surface area contributed by atoms with Crippen LogP contribution in [0.2, 0.25) is 0 Å². The second-order valence-electron chi connectivity index (χ2n) is 5.63. The number of nitrogens with zero attached hydrogens (tertiary/aromatic N) is 1. The zero-order valence-corrected chi connectivity index (χ0v) is 16.3. The number of methoxy groups -OCH3 is 3. The lowest BCUT2D eigenvalue weighted by Crippen LogP contribution is -2.12. The van der Waals surface area contributed by atoms with E-state index in [2.05, 4.69) is 15.0 Å². The van der Waals surface area contributed by atoms with Gasteiger partial charge in [0.2, 0.25) is 0 Å². The molecule has 0 saturated carbocycles. The normalized spacial score (nSPS) is 10.2. The van der Waals surface area contributed by atoms with Gasteiger partial charge >= 0.3 is 5.97 Å². The summed E-state index contributed by atoms with van der Waals surface area (Å²) < 4.78 is 15.2. The average Bonchev–Trinajstić information content (AvgIpc) is 3.21. The van der Waals surface area contributed by atoms with Crippen LogP contribution in [0.15, 0.2) is 47.8 Å². The molecule has 28 heavy (non-hydrogen) atoms. The topological polar surface area (TPSA) is 86.8 Å². The lowest BCUT2D eigenvalue weighted by Gasteiger charge is -2.08. The van der Waals surface area contributed by atoms with Crippen molar-refractivity contribution in [1.29, 1.82) is 0 Å². The monoisotopic (exact) mass is 398 g/mol. The number of carbonyl (C=O) groups is 2. The predicted molar refractivity (Wildman–Crippen MR) is 106 cm³/mol. The first-order valence-electron chi connectivity index (χ1n) is 8.23. The van der Waals surface area contributed by atoms with E-state index in [9.17, 15) is 9.59 Å². The summed E-state index contributed by atoms with van der Waals surface area (Å²) in [6.45, 7) is 0. The molecular weight excluding hydrogens is 380 g/mol. The van der Waals surface area contributed by atoms with Crippen molar-refractivity contribution in [3.05, 3.63) is 59.0 Å². The molecule has 0 aliphatic rings. The molecule has 1 N–H and O–H groups in total. The van der Waals surface area contributed by atoms with E-state index >= 15 is 0 Å². The van der Waals surface area contributed by atoms with E-state index in [0.717, 1.165) is 5.56 Å². The summed E-state index contributed by atoms with van der Waals surface area (Å²) >= 11 is 1.31. The zero-order chi connectivity index (χ0) is 20.1. The molecule has 1 heterocycles. The molecule has 7 nitrogen and oxygen atoms in total. The molecule has 0 unspecified atom stereocenters. The molecule has 3 aromatic rings. The number of thiazole rings is 1. The molecule has 0 fully saturated rings. The molecule has 0 aliphatic carbocycles. The Bertz CT molecular complexity index is 998. The number of rotatable bonds is 6. The maximum absolute atomic E-state index is 12.4. The van der Waals surface area contributed by atoms with E-state index in [-0.39, 0.29) is 5.91 Å². The summed E-state index contributed by atoms with van der Waals surface area (Å²) in [5.41, 5.74) is 2.35. The zero-order valence-electron chi connectivity index (χ0n) is 15.5. The third kappa shape index (κ3) is 4.12. The highest BCUT2D eigenvalue weighted by atomic mass is 32.1. The molecule has 0 atom stereocenters. The van der Waals surface area contributed by atoms with Crippen molar-refractivity contribution in [3.63, 3.8) is 0 Å². The lowest BCUT2D eigenvalue weighted by atomic mass is 10.1. The van der Waals surface area contributed by atoms with Crippen LogP contribution in [0.25, 0.3) is 11.3 Å². The van der Waals surface area contributed by atoms with Crippen molar-refractivity contribution in [1.82, 2.24) is 4.98 Å². The van der Waals surface area contributed by atoms with Crippen molar-refractivity contribution < 1.29 is 23.8 Å². The van der Waals surface area contributed by atoms with E-state index < -0.39 is 5.97 Å². The maximum Gasteiger partial charge on any atom is 0.337 e. The van der Waals surface area contributed by atoms with Gasteiger partial charge in [-0.25, -0.2) is 9.78 Å². The van der Waals surface area contributed by atoms with Crippen molar-refractivity contribution in [2.24, 2.45) is 0 Å². The van der Waals surface area contributed by atoms with E-state index in [1.54, 1.807) is 32.4 Å². The Balaban J connectivity index is 1.74. The van der Waals surface area contributed by atoms with Gasteiger partial charge in [-0.2, -0.15) is 0 Å². The second kappa shape index (κ2) is 8.53. The van der Waals surface area contributed by atoms with Gasteiger partial charge < -0.3 is 14.2 Å². The quantitative estimate of drug-likeness (QED) is 0.635. The Morgan fingerprint density at radius 3 is 2.25 bits per heavy atom. The molecule has 0 bridgehead atoms. The van der Waals surface area contributed by atoms with Crippen LogP contribution in [0, 0.1) is 0 Å². The Morgan fingerprint density at radius 2 is 1.61 bits per heavy atom. The predicted octanol–water partition coefficient (Wildman–Crippen LogP) is 3.87. The van der Waals surface area contributed by atoms with Gasteiger partial charge in [-0.3, -0.25) is 10.1 Å². The summed E-state index contributed by atoms with van der Waals surface area (Å²) in [7, 11) is 4.45. The highest BCUT2D eigenvalue weighted by Gasteiger charge is 2.13. The van der Waals surface area contributed by atoms with Gasteiger partial charge in [-0.15, -0.1) is 11.3 Å². The summed E-state index contributed by atoms with van der Waals surface area (Å²) in [6.07, 6.45) is 0. The molecule has 0 spiro atoms. The van der Waals surface area contributed by atoms with Crippen LogP contribution in [0.1, 0.15) is 20.7 Å².